The Hall–Kier alpha value is -1.77. The van der Waals surface area contributed by atoms with Crippen LogP contribution in [0, 0.1) is 12.8 Å². The minimum atomic E-state index is -0.202. The number of carbonyl (C=O) groups is 1. The molecule has 0 saturated carbocycles. The van der Waals surface area contributed by atoms with Gasteiger partial charge in [0.05, 0.1) is 30.6 Å². The number of ether oxygens (including phenoxy) is 3. The number of anilines is 1. The molecule has 3 atom stereocenters. The Bertz CT molecular complexity index is 567. The molecule has 0 unspecified atom stereocenters. The summed E-state index contributed by atoms with van der Waals surface area (Å²) in [6.45, 7) is 3.25. The molecule has 1 aliphatic rings. The summed E-state index contributed by atoms with van der Waals surface area (Å²) in [6.07, 6.45) is 1.31. The second-order valence-electron chi connectivity index (χ2n) is 6.05. The Balaban J connectivity index is 1.99. The predicted molar refractivity (Wildman–Crippen MR) is 89.3 cm³/mol. The van der Waals surface area contributed by atoms with Gasteiger partial charge >= 0.3 is 0 Å². The minimum Gasteiger partial charge on any atom is -0.378 e. The summed E-state index contributed by atoms with van der Waals surface area (Å²) in [5, 5.41) is 2.92. The first-order valence-corrected chi connectivity index (χ1v) is 7.90. The van der Waals surface area contributed by atoms with Gasteiger partial charge < -0.3 is 24.4 Å². The molecule has 24 heavy (non-hydrogen) atoms. The molecule has 2 heterocycles. The monoisotopic (exact) mass is 338 g/mol. The molecular weight excluding hydrogens is 312 g/mol. The van der Waals surface area contributed by atoms with Gasteiger partial charge in [0.2, 0.25) is 5.95 Å². The Morgan fingerprint density at radius 1 is 1.38 bits per heavy atom. The number of amides is 1. The number of carbonyl (C=O) groups excluding carboxylic acids is 1. The lowest BCUT2D eigenvalue weighted by Gasteiger charge is -2.36. The summed E-state index contributed by atoms with van der Waals surface area (Å²) in [6, 6.07) is 0. The van der Waals surface area contributed by atoms with E-state index >= 15 is 0 Å². The van der Waals surface area contributed by atoms with Gasteiger partial charge in [-0.15, -0.1) is 0 Å². The normalized spacial score (nSPS) is 23.8. The number of aromatic nitrogens is 2. The van der Waals surface area contributed by atoms with E-state index in [4.69, 9.17) is 14.2 Å². The van der Waals surface area contributed by atoms with Crippen molar-refractivity contribution in [2.45, 2.75) is 19.1 Å². The first-order valence-electron chi connectivity index (χ1n) is 7.90. The molecule has 1 aromatic heterocycles. The van der Waals surface area contributed by atoms with Gasteiger partial charge in [-0.25, -0.2) is 9.97 Å². The number of methoxy groups -OCH3 is 2. The van der Waals surface area contributed by atoms with Crippen molar-refractivity contribution in [2.75, 3.05) is 53.0 Å². The maximum atomic E-state index is 12.4. The van der Waals surface area contributed by atoms with Crippen LogP contribution in [0.2, 0.25) is 0 Å². The van der Waals surface area contributed by atoms with Gasteiger partial charge in [-0.1, -0.05) is 0 Å². The molecule has 8 heteroatoms. The van der Waals surface area contributed by atoms with Crippen molar-refractivity contribution >= 4 is 11.9 Å². The molecule has 0 aliphatic carbocycles. The fourth-order valence-electron chi connectivity index (χ4n) is 2.76. The topological polar surface area (TPSA) is 85.8 Å². The van der Waals surface area contributed by atoms with E-state index in [1.807, 2.05) is 14.1 Å². The third-order valence-electron chi connectivity index (χ3n) is 4.16. The van der Waals surface area contributed by atoms with Crippen LogP contribution in [0.25, 0.3) is 0 Å². The largest absolute Gasteiger partial charge is 0.378 e. The van der Waals surface area contributed by atoms with Gasteiger partial charge in [0.25, 0.3) is 5.91 Å². The summed E-state index contributed by atoms with van der Waals surface area (Å²) in [7, 11) is 6.99. The summed E-state index contributed by atoms with van der Waals surface area (Å²) in [5.74, 6) is 0.402. The summed E-state index contributed by atoms with van der Waals surface area (Å²) in [5.41, 5.74) is 1.11. The van der Waals surface area contributed by atoms with Crippen molar-refractivity contribution in [1.29, 1.82) is 0 Å². The average molecular weight is 338 g/mol. The van der Waals surface area contributed by atoms with Crippen molar-refractivity contribution in [1.82, 2.24) is 15.3 Å². The van der Waals surface area contributed by atoms with Gasteiger partial charge in [0.15, 0.2) is 0 Å². The first kappa shape index (κ1) is 18.6. The predicted octanol–water partition coefficient (Wildman–Crippen LogP) is 0.257. The van der Waals surface area contributed by atoms with Crippen molar-refractivity contribution in [2.24, 2.45) is 5.92 Å². The van der Waals surface area contributed by atoms with E-state index in [1.54, 1.807) is 32.2 Å². The molecular formula is C16H26N4O4. The van der Waals surface area contributed by atoms with E-state index in [0.717, 1.165) is 0 Å². The van der Waals surface area contributed by atoms with Crippen LogP contribution >= 0.6 is 0 Å². The molecule has 0 radical (unpaired) electrons. The number of hydrogen-bond acceptors (Lipinski definition) is 7. The quantitative estimate of drug-likeness (QED) is 0.796. The Morgan fingerprint density at radius 3 is 2.71 bits per heavy atom. The number of aryl methyl sites for hydroxylation is 1. The van der Waals surface area contributed by atoms with E-state index in [1.165, 1.54) is 0 Å². The Kier molecular flexibility index (Phi) is 6.47. The van der Waals surface area contributed by atoms with Crippen LogP contribution in [0.1, 0.15) is 16.1 Å². The fraction of sp³-hybridized carbons (Fsp3) is 0.688. The van der Waals surface area contributed by atoms with Crippen LogP contribution < -0.4 is 10.2 Å². The molecule has 8 nitrogen and oxygen atoms in total. The Morgan fingerprint density at radius 2 is 2.12 bits per heavy atom. The van der Waals surface area contributed by atoms with Gasteiger partial charge in [0.1, 0.15) is 6.10 Å². The van der Waals surface area contributed by atoms with E-state index in [9.17, 15) is 4.79 Å². The number of nitrogens with zero attached hydrogens (tertiary/aromatic N) is 3. The molecule has 0 bridgehead atoms. The lowest BCUT2D eigenvalue weighted by molar-refractivity contribution is -0.145. The van der Waals surface area contributed by atoms with Crippen molar-refractivity contribution in [3.05, 3.63) is 17.5 Å². The van der Waals surface area contributed by atoms with Crippen molar-refractivity contribution < 1.29 is 19.0 Å². The molecule has 0 aromatic carbocycles. The van der Waals surface area contributed by atoms with Crippen LogP contribution in [0.3, 0.4) is 0 Å². The molecule has 2 rings (SSSR count). The summed E-state index contributed by atoms with van der Waals surface area (Å²) < 4.78 is 16.4. The molecule has 1 saturated heterocycles. The lowest BCUT2D eigenvalue weighted by Crippen LogP contribution is -2.50. The zero-order chi connectivity index (χ0) is 17.7. The zero-order valence-corrected chi connectivity index (χ0v) is 14.9. The van der Waals surface area contributed by atoms with E-state index in [-0.39, 0.29) is 24.0 Å². The number of rotatable bonds is 6. The standard InChI is InChI=1S/C16H26N4O4/c1-10-12(7-18-16(19-10)20(2)3)15(21)17-6-11-8-24-9-13(22-4)14(11)23-5/h7,11,13-14H,6,8-9H2,1-5H3,(H,17,21)/t11-,13-,14+/m1/s1. The lowest BCUT2D eigenvalue weighted by atomic mass is 9.96. The molecule has 1 fully saturated rings. The summed E-state index contributed by atoms with van der Waals surface area (Å²) >= 11 is 0. The highest BCUT2D eigenvalue weighted by Crippen LogP contribution is 2.20. The SMILES string of the molecule is CO[C@H]1[C@H](CNC(=O)c2cnc(N(C)C)nc2C)COC[C@H]1OC. The highest BCUT2D eigenvalue weighted by molar-refractivity contribution is 5.95. The van der Waals surface area contributed by atoms with E-state index in [2.05, 4.69) is 15.3 Å². The number of hydrogen-bond donors (Lipinski definition) is 1. The van der Waals surface area contributed by atoms with Crippen LogP contribution in [0.5, 0.6) is 0 Å². The third-order valence-corrected chi connectivity index (χ3v) is 4.16. The van der Waals surface area contributed by atoms with Gasteiger partial charge in [0, 0.05) is 47.0 Å². The van der Waals surface area contributed by atoms with Crippen molar-refractivity contribution in [3.63, 3.8) is 0 Å². The van der Waals surface area contributed by atoms with E-state index < -0.39 is 0 Å². The van der Waals surface area contributed by atoms with Crippen LogP contribution in [-0.4, -0.2) is 76.2 Å². The molecule has 1 N–H and O–H groups in total. The van der Waals surface area contributed by atoms with Crippen molar-refractivity contribution in [3.8, 4) is 0 Å². The molecule has 1 aromatic rings. The Labute approximate surface area is 142 Å². The van der Waals surface area contributed by atoms with E-state index in [0.29, 0.717) is 37.0 Å². The second kappa shape index (κ2) is 8.36. The maximum absolute atomic E-state index is 12.4. The minimum absolute atomic E-state index is 0.0277. The maximum Gasteiger partial charge on any atom is 0.254 e. The number of nitrogens with one attached hydrogen (secondary N) is 1. The first-order chi connectivity index (χ1) is 11.5. The second-order valence-corrected chi connectivity index (χ2v) is 6.05. The zero-order valence-electron chi connectivity index (χ0n) is 14.9. The van der Waals surface area contributed by atoms with Gasteiger partial charge in [-0.2, -0.15) is 0 Å². The van der Waals surface area contributed by atoms with Crippen LogP contribution in [-0.2, 0) is 14.2 Å². The molecule has 134 valence electrons. The molecule has 1 amide bonds. The molecule has 1 aliphatic heterocycles. The van der Waals surface area contributed by atoms with Gasteiger partial charge in [-0.05, 0) is 6.92 Å². The smallest absolute Gasteiger partial charge is 0.254 e. The third kappa shape index (κ3) is 4.19. The average Bonchev–Trinajstić information content (AvgIpc) is 2.58. The highest BCUT2D eigenvalue weighted by atomic mass is 16.6. The fourth-order valence-corrected chi connectivity index (χ4v) is 2.76. The summed E-state index contributed by atoms with van der Waals surface area (Å²) in [4.78, 5) is 22.7. The van der Waals surface area contributed by atoms with Crippen LogP contribution in [0.4, 0.5) is 5.95 Å². The van der Waals surface area contributed by atoms with Gasteiger partial charge in [-0.3, -0.25) is 4.79 Å². The molecule has 0 spiro atoms. The van der Waals surface area contributed by atoms with Crippen LogP contribution in [0.15, 0.2) is 6.20 Å². The highest BCUT2D eigenvalue weighted by Gasteiger charge is 2.34.